The minimum atomic E-state index is -0.526. The van der Waals surface area contributed by atoms with Gasteiger partial charge in [0.2, 0.25) is 0 Å². The van der Waals surface area contributed by atoms with Crippen LogP contribution in [0.15, 0.2) is 78.9 Å². The van der Waals surface area contributed by atoms with Crippen LogP contribution in [0, 0.1) is 10.1 Å². The Morgan fingerprint density at radius 1 is 0.852 bits per heavy atom. The highest BCUT2D eigenvalue weighted by molar-refractivity contribution is 5.84. The molecule has 0 radical (unpaired) electrons. The number of hydrogen-bond acceptors (Lipinski definition) is 4. The first-order valence-corrected chi connectivity index (χ1v) is 8.32. The number of phenols is 1. The molecule has 132 valence electrons. The van der Waals surface area contributed by atoms with E-state index in [1.54, 1.807) is 0 Å². The summed E-state index contributed by atoms with van der Waals surface area (Å²) in [6, 6.07) is 23.4. The zero-order valence-corrected chi connectivity index (χ0v) is 14.2. The van der Waals surface area contributed by atoms with Gasteiger partial charge in [0.25, 0.3) is 5.69 Å². The zero-order chi connectivity index (χ0) is 18.8. The number of H-pyrrole nitrogens is 1. The lowest BCUT2D eigenvalue weighted by Gasteiger charge is -2.03. The zero-order valence-electron chi connectivity index (χ0n) is 14.2. The Morgan fingerprint density at radius 2 is 1.48 bits per heavy atom. The van der Waals surface area contributed by atoms with Gasteiger partial charge in [0.1, 0.15) is 17.1 Å². The van der Waals surface area contributed by atoms with Crippen molar-refractivity contribution < 1.29 is 10.0 Å². The number of aromatic hydroxyl groups is 1. The third-order valence-electron chi connectivity index (χ3n) is 4.27. The van der Waals surface area contributed by atoms with Crippen molar-refractivity contribution in [2.45, 2.75) is 0 Å². The fourth-order valence-electron chi connectivity index (χ4n) is 3.03. The van der Waals surface area contributed by atoms with E-state index in [1.807, 2.05) is 60.7 Å². The number of hydrogen-bond donors (Lipinski definition) is 2. The molecule has 0 aliphatic carbocycles. The van der Waals surface area contributed by atoms with Crippen molar-refractivity contribution in [1.29, 1.82) is 0 Å². The first-order chi connectivity index (χ1) is 13.1. The Balaban J connectivity index is 1.98. The van der Waals surface area contributed by atoms with Crippen LogP contribution < -0.4 is 0 Å². The Hall–Kier alpha value is -3.93. The largest absolute Gasteiger partial charge is 0.507 e. The van der Waals surface area contributed by atoms with Gasteiger partial charge in [0.15, 0.2) is 0 Å². The molecule has 1 heterocycles. The maximum absolute atomic E-state index is 11.4. The van der Waals surface area contributed by atoms with Gasteiger partial charge >= 0.3 is 0 Å². The molecule has 0 saturated heterocycles. The average molecular weight is 357 g/mol. The summed E-state index contributed by atoms with van der Waals surface area (Å²) in [5.74, 6) is 0.0506. The number of aromatic amines is 1. The predicted molar refractivity (Wildman–Crippen MR) is 103 cm³/mol. The van der Waals surface area contributed by atoms with Gasteiger partial charge in [-0.3, -0.25) is 10.1 Å². The summed E-state index contributed by atoms with van der Waals surface area (Å²) < 4.78 is 0. The number of aromatic nitrogens is 2. The topological polar surface area (TPSA) is 92.1 Å². The number of nitro benzene ring substituents is 1. The fourth-order valence-corrected chi connectivity index (χ4v) is 3.03. The minimum Gasteiger partial charge on any atom is -0.507 e. The Labute approximate surface area is 154 Å². The van der Waals surface area contributed by atoms with Crippen molar-refractivity contribution in [3.8, 4) is 39.7 Å². The standard InChI is InChI=1S/C21H15N3O3/c25-17-13-7-12-16(24(26)27)18(17)21-22-19(14-8-3-1-4-9-14)20(23-21)15-10-5-2-6-11-15/h1-13,25H,(H,22,23). The highest BCUT2D eigenvalue weighted by Gasteiger charge is 2.24. The van der Waals surface area contributed by atoms with Gasteiger partial charge in [0, 0.05) is 17.2 Å². The lowest BCUT2D eigenvalue weighted by Crippen LogP contribution is -1.93. The number of rotatable bonds is 4. The number of nitrogens with zero attached hydrogens (tertiary/aromatic N) is 2. The summed E-state index contributed by atoms with van der Waals surface area (Å²) in [4.78, 5) is 18.7. The van der Waals surface area contributed by atoms with E-state index in [1.165, 1.54) is 18.2 Å². The molecule has 0 amide bonds. The molecule has 6 nitrogen and oxygen atoms in total. The van der Waals surface area contributed by atoms with Crippen LogP contribution in [0.5, 0.6) is 5.75 Å². The lowest BCUT2D eigenvalue weighted by atomic mass is 10.1. The van der Waals surface area contributed by atoms with Crippen molar-refractivity contribution in [1.82, 2.24) is 9.97 Å². The molecular formula is C21H15N3O3. The molecule has 4 rings (SSSR count). The summed E-state index contributed by atoms with van der Waals surface area (Å²) in [6.07, 6.45) is 0. The highest BCUT2D eigenvalue weighted by atomic mass is 16.6. The van der Waals surface area contributed by atoms with Crippen LogP contribution >= 0.6 is 0 Å². The van der Waals surface area contributed by atoms with E-state index in [2.05, 4.69) is 9.97 Å². The number of imidazole rings is 1. The van der Waals surface area contributed by atoms with Crippen molar-refractivity contribution in [2.24, 2.45) is 0 Å². The van der Waals surface area contributed by atoms with Crippen LogP contribution in [-0.4, -0.2) is 20.0 Å². The second-order valence-corrected chi connectivity index (χ2v) is 5.97. The smallest absolute Gasteiger partial charge is 0.284 e. The molecule has 3 aromatic carbocycles. The molecule has 4 aromatic rings. The Bertz CT molecular complexity index is 1050. The maximum atomic E-state index is 11.4. The maximum Gasteiger partial charge on any atom is 0.284 e. The monoisotopic (exact) mass is 357 g/mol. The number of benzene rings is 3. The van der Waals surface area contributed by atoms with Gasteiger partial charge in [-0.1, -0.05) is 66.7 Å². The van der Waals surface area contributed by atoms with Crippen molar-refractivity contribution in [3.63, 3.8) is 0 Å². The van der Waals surface area contributed by atoms with Crippen LogP contribution in [0.1, 0.15) is 0 Å². The third-order valence-corrected chi connectivity index (χ3v) is 4.27. The normalized spacial score (nSPS) is 10.7. The van der Waals surface area contributed by atoms with Gasteiger partial charge in [-0.05, 0) is 6.07 Å². The summed E-state index contributed by atoms with van der Waals surface area (Å²) >= 11 is 0. The first-order valence-electron chi connectivity index (χ1n) is 8.32. The molecule has 0 spiro atoms. The molecule has 0 aliphatic heterocycles. The molecule has 27 heavy (non-hydrogen) atoms. The molecule has 0 fully saturated rings. The predicted octanol–water partition coefficient (Wildman–Crippen LogP) is 5.02. The van der Waals surface area contributed by atoms with E-state index in [4.69, 9.17) is 0 Å². The molecular weight excluding hydrogens is 342 g/mol. The van der Waals surface area contributed by atoms with Crippen LogP contribution in [0.25, 0.3) is 33.9 Å². The van der Waals surface area contributed by atoms with E-state index < -0.39 is 4.92 Å². The van der Waals surface area contributed by atoms with Crippen molar-refractivity contribution >= 4 is 5.69 Å². The van der Waals surface area contributed by atoms with Gasteiger partial charge < -0.3 is 10.1 Å². The molecule has 0 aliphatic rings. The molecule has 6 heteroatoms. The van der Waals surface area contributed by atoms with E-state index in [9.17, 15) is 15.2 Å². The molecule has 0 saturated carbocycles. The lowest BCUT2D eigenvalue weighted by molar-refractivity contribution is -0.384. The van der Waals surface area contributed by atoms with Crippen LogP contribution in [0.2, 0.25) is 0 Å². The second-order valence-electron chi connectivity index (χ2n) is 5.97. The minimum absolute atomic E-state index is 0.0712. The number of nitrogens with one attached hydrogen (secondary N) is 1. The molecule has 0 atom stereocenters. The highest BCUT2D eigenvalue weighted by Crippen LogP contribution is 2.39. The van der Waals surface area contributed by atoms with Gasteiger partial charge in [-0.15, -0.1) is 0 Å². The summed E-state index contributed by atoms with van der Waals surface area (Å²) in [7, 11) is 0. The molecule has 2 N–H and O–H groups in total. The van der Waals surface area contributed by atoms with Gasteiger partial charge in [-0.2, -0.15) is 0 Å². The fraction of sp³-hybridized carbons (Fsp3) is 0. The molecule has 0 unspecified atom stereocenters. The van der Waals surface area contributed by atoms with Crippen molar-refractivity contribution in [3.05, 3.63) is 89.0 Å². The summed E-state index contributed by atoms with van der Waals surface area (Å²) in [5.41, 5.74) is 3.03. The first kappa shape index (κ1) is 16.5. The number of phenolic OH excluding ortho intramolecular Hbond substituents is 1. The van der Waals surface area contributed by atoms with Crippen LogP contribution in [-0.2, 0) is 0 Å². The van der Waals surface area contributed by atoms with Crippen LogP contribution in [0.3, 0.4) is 0 Å². The molecule has 0 bridgehead atoms. The Kier molecular flexibility index (Phi) is 4.14. The van der Waals surface area contributed by atoms with E-state index in [-0.39, 0.29) is 22.8 Å². The quantitative estimate of drug-likeness (QED) is 0.396. The second kappa shape index (κ2) is 6.76. The summed E-state index contributed by atoms with van der Waals surface area (Å²) in [6.45, 7) is 0. The average Bonchev–Trinajstić information content (AvgIpc) is 3.14. The summed E-state index contributed by atoms with van der Waals surface area (Å²) in [5, 5.41) is 21.7. The molecule has 1 aromatic heterocycles. The van der Waals surface area contributed by atoms with E-state index >= 15 is 0 Å². The SMILES string of the molecule is O=[N+]([O-])c1cccc(O)c1-c1nc(-c2ccccc2)c(-c2ccccc2)[nH]1. The van der Waals surface area contributed by atoms with Gasteiger partial charge in [0.05, 0.1) is 16.3 Å². The number of nitro groups is 1. The Morgan fingerprint density at radius 3 is 2.11 bits per heavy atom. The van der Waals surface area contributed by atoms with Crippen molar-refractivity contribution in [2.75, 3.05) is 0 Å². The van der Waals surface area contributed by atoms with Gasteiger partial charge in [-0.25, -0.2) is 4.98 Å². The van der Waals surface area contributed by atoms with E-state index in [0.29, 0.717) is 5.69 Å². The van der Waals surface area contributed by atoms with E-state index in [0.717, 1.165) is 16.8 Å². The van der Waals surface area contributed by atoms with Crippen LogP contribution in [0.4, 0.5) is 5.69 Å². The third kappa shape index (κ3) is 3.04.